The molecule has 2 rings (SSSR count). The molecule has 3 N–H and O–H groups in total. The minimum atomic E-state index is -0.967. The highest BCUT2D eigenvalue weighted by Gasteiger charge is 2.08. The van der Waals surface area contributed by atoms with Crippen LogP contribution >= 0.6 is 27.7 Å². The Kier molecular flexibility index (Phi) is 4.67. The Balaban J connectivity index is 2.10. The van der Waals surface area contributed by atoms with E-state index in [-0.39, 0.29) is 11.3 Å². The van der Waals surface area contributed by atoms with Gasteiger partial charge in [0, 0.05) is 15.1 Å². The predicted octanol–water partition coefficient (Wildman–Crippen LogP) is 4.16. The van der Waals surface area contributed by atoms with Gasteiger partial charge in [-0.15, -0.1) is 11.8 Å². The number of benzene rings is 2. The molecule has 6 heteroatoms. The first-order valence-corrected chi connectivity index (χ1v) is 7.45. The van der Waals surface area contributed by atoms with Crippen molar-refractivity contribution in [3.8, 4) is 0 Å². The Morgan fingerprint density at radius 1 is 1.30 bits per heavy atom. The number of carboxylic acid groups (broad SMARTS) is 1. The monoisotopic (exact) mass is 355 g/mol. The fourth-order valence-corrected chi connectivity index (χ4v) is 3.19. The quantitative estimate of drug-likeness (QED) is 0.638. The van der Waals surface area contributed by atoms with Crippen LogP contribution in [0, 0.1) is 5.82 Å². The van der Waals surface area contributed by atoms with Crippen molar-refractivity contribution in [1.29, 1.82) is 0 Å². The highest BCUT2D eigenvalue weighted by Crippen LogP contribution is 2.29. The average molecular weight is 356 g/mol. The van der Waals surface area contributed by atoms with Gasteiger partial charge in [-0.1, -0.05) is 22.0 Å². The molecule has 0 aliphatic rings. The number of nitrogen functional groups attached to an aromatic ring is 1. The van der Waals surface area contributed by atoms with Gasteiger partial charge in [0.25, 0.3) is 0 Å². The van der Waals surface area contributed by atoms with Crippen LogP contribution in [0.2, 0.25) is 0 Å². The molecule has 2 aromatic rings. The number of rotatable bonds is 4. The van der Waals surface area contributed by atoms with Crippen LogP contribution in [-0.4, -0.2) is 11.1 Å². The van der Waals surface area contributed by atoms with Gasteiger partial charge in [0.1, 0.15) is 5.82 Å². The molecule has 20 heavy (non-hydrogen) atoms. The molecule has 0 heterocycles. The summed E-state index contributed by atoms with van der Waals surface area (Å²) in [6.45, 7) is 0. The summed E-state index contributed by atoms with van der Waals surface area (Å²) in [7, 11) is 0. The number of hydrogen-bond donors (Lipinski definition) is 2. The lowest BCUT2D eigenvalue weighted by atomic mass is 10.1. The van der Waals surface area contributed by atoms with Gasteiger partial charge in [-0.2, -0.15) is 0 Å². The highest BCUT2D eigenvalue weighted by atomic mass is 79.9. The molecule has 0 unspecified atom stereocenters. The van der Waals surface area contributed by atoms with Gasteiger partial charge in [-0.25, -0.2) is 9.18 Å². The van der Waals surface area contributed by atoms with Gasteiger partial charge in [0.05, 0.1) is 11.3 Å². The standard InChI is InChI=1S/C14H11BrFNO2S/c15-11-5-8(14(18)19)1-2-9(11)7-20-10-3-4-13(17)12(16)6-10/h1-6H,7,17H2,(H,18,19). The van der Waals surface area contributed by atoms with E-state index in [1.54, 1.807) is 24.3 Å². The number of nitrogens with two attached hydrogens (primary N) is 1. The largest absolute Gasteiger partial charge is 0.478 e. The van der Waals surface area contributed by atoms with E-state index in [1.165, 1.54) is 23.9 Å². The maximum Gasteiger partial charge on any atom is 0.335 e. The van der Waals surface area contributed by atoms with E-state index in [9.17, 15) is 9.18 Å². The number of aromatic carboxylic acids is 1. The van der Waals surface area contributed by atoms with Crippen molar-refractivity contribution in [3.63, 3.8) is 0 Å². The van der Waals surface area contributed by atoms with Crippen LogP contribution in [0.1, 0.15) is 15.9 Å². The Morgan fingerprint density at radius 2 is 2.05 bits per heavy atom. The van der Waals surface area contributed by atoms with Crippen molar-refractivity contribution in [2.45, 2.75) is 10.6 Å². The van der Waals surface area contributed by atoms with E-state index < -0.39 is 11.8 Å². The van der Waals surface area contributed by atoms with Gasteiger partial charge in [0.15, 0.2) is 0 Å². The third-order valence-electron chi connectivity index (χ3n) is 2.67. The summed E-state index contributed by atoms with van der Waals surface area (Å²) in [4.78, 5) is 11.6. The first-order valence-electron chi connectivity index (χ1n) is 5.67. The summed E-state index contributed by atoms with van der Waals surface area (Å²) < 4.78 is 14.0. The SMILES string of the molecule is Nc1ccc(SCc2ccc(C(=O)O)cc2Br)cc1F. The van der Waals surface area contributed by atoms with Crippen molar-refractivity contribution < 1.29 is 14.3 Å². The average Bonchev–Trinajstić information content (AvgIpc) is 2.41. The molecule has 104 valence electrons. The third kappa shape index (κ3) is 3.52. The zero-order chi connectivity index (χ0) is 14.7. The van der Waals surface area contributed by atoms with Crippen molar-refractivity contribution in [2.75, 3.05) is 5.73 Å². The van der Waals surface area contributed by atoms with Gasteiger partial charge in [-0.3, -0.25) is 0 Å². The lowest BCUT2D eigenvalue weighted by Gasteiger charge is -2.06. The topological polar surface area (TPSA) is 63.3 Å². The van der Waals surface area contributed by atoms with E-state index in [4.69, 9.17) is 10.8 Å². The van der Waals surface area contributed by atoms with Crippen LogP contribution in [-0.2, 0) is 5.75 Å². The molecular weight excluding hydrogens is 345 g/mol. The van der Waals surface area contributed by atoms with Crippen molar-refractivity contribution in [1.82, 2.24) is 0 Å². The summed E-state index contributed by atoms with van der Waals surface area (Å²) in [6, 6.07) is 9.52. The van der Waals surface area contributed by atoms with Gasteiger partial charge in [0.2, 0.25) is 0 Å². The Hall–Kier alpha value is -1.53. The number of hydrogen-bond acceptors (Lipinski definition) is 3. The molecule has 0 aliphatic carbocycles. The van der Waals surface area contributed by atoms with Crippen molar-refractivity contribution in [2.24, 2.45) is 0 Å². The zero-order valence-electron chi connectivity index (χ0n) is 10.3. The van der Waals surface area contributed by atoms with Crippen molar-refractivity contribution in [3.05, 3.63) is 57.8 Å². The number of anilines is 1. The molecule has 2 aromatic carbocycles. The second kappa shape index (κ2) is 6.28. The molecule has 0 amide bonds. The first kappa shape index (κ1) is 14.9. The Bertz CT molecular complexity index is 664. The van der Waals surface area contributed by atoms with Gasteiger partial charge < -0.3 is 10.8 Å². The molecule has 0 fully saturated rings. The van der Waals surface area contributed by atoms with E-state index in [0.29, 0.717) is 5.75 Å². The van der Waals surface area contributed by atoms with E-state index in [2.05, 4.69) is 15.9 Å². The summed E-state index contributed by atoms with van der Waals surface area (Å²) in [5.74, 6) is -0.801. The van der Waals surface area contributed by atoms with Crippen LogP contribution in [0.4, 0.5) is 10.1 Å². The number of halogens is 2. The molecule has 0 aromatic heterocycles. The number of carboxylic acids is 1. The molecular formula is C14H11BrFNO2S. The fourth-order valence-electron chi connectivity index (χ4n) is 1.56. The predicted molar refractivity (Wildman–Crippen MR) is 81.5 cm³/mol. The highest BCUT2D eigenvalue weighted by molar-refractivity contribution is 9.10. The molecule has 0 spiro atoms. The summed E-state index contributed by atoms with van der Waals surface area (Å²) >= 11 is 4.80. The van der Waals surface area contributed by atoms with E-state index in [1.807, 2.05) is 0 Å². The molecule has 0 aliphatic heterocycles. The second-order valence-corrected chi connectivity index (χ2v) is 5.99. The maximum atomic E-state index is 13.3. The minimum absolute atomic E-state index is 0.126. The molecule has 0 saturated heterocycles. The van der Waals surface area contributed by atoms with Gasteiger partial charge in [-0.05, 0) is 35.9 Å². The fraction of sp³-hybridized carbons (Fsp3) is 0.0714. The van der Waals surface area contributed by atoms with E-state index in [0.717, 1.165) is 14.9 Å². The number of carbonyl (C=O) groups is 1. The molecule has 0 radical (unpaired) electrons. The van der Waals surface area contributed by atoms with Crippen molar-refractivity contribution >= 4 is 39.3 Å². The summed E-state index contributed by atoms with van der Waals surface area (Å²) in [6.07, 6.45) is 0. The second-order valence-electron chi connectivity index (χ2n) is 4.08. The van der Waals surface area contributed by atoms with E-state index >= 15 is 0 Å². The molecule has 0 bridgehead atoms. The lowest BCUT2D eigenvalue weighted by Crippen LogP contribution is -1.97. The Labute approximate surface area is 128 Å². The molecule has 0 atom stereocenters. The van der Waals surface area contributed by atoms with Gasteiger partial charge >= 0.3 is 5.97 Å². The summed E-state index contributed by atoms with van der Waals surface area (Å²) in [5, 5.41) is 8.89. The first-order chi connectivity index (χ1) is 9.47. The zero-order valence-corrected chi connectivity index (χ0v) is 12.7. The van der Waals surface area contributed by atoms with Crippen LogP contribution in [0.15, 0.2) is 45.8 Å². The Morgan fingerprint density at radius 3 is 2.65 bits per heavy atom. The normalized spacial score (nSPS) is 10.5. The molecule has 3 nitrogen and oxygen atoms in total. The minimum Gasteiger partial charge on any atom is -0.478 e. The molecule has 0 saturated carbocycles. The van der Waals surface area contributed by atoms with Crippen LogP contribution in [0.3, 0.4) is 0 Å². The summed E-state index contributed by atoms with van der Waals surface area (Å²) in [5.41, 5.74) is 6.71. The maximum absolute atomic E-state index is 13.3. The van der Waals surface area contributed by atoms with Crippen LogP contribution < -0.4 is 5.73 Å². The number of thioether (sulfide) groups is 1. The lowest BCUT2D eigenvalue weighted by molar-refractivity contribution is 0.0697. The smallest absolute Gasteiger partial charge is 0.335 e. The van der Waals surface area contributed by atoms with Crippen LogP contribution in [0.25, 0.3) is 0 Å². The van der Waals surface area contributed by atoms with Crippen LogP contribution in [0.5, 0.6) is 0 Å². The third-order valence-corrected chi connectivity index (χ3v) is 4.45.